The number of rotatable bonds is 7. The number of unbranched alkanes of at least 4 members (excludes halogenated alkanes) is 2. The number of oxazole rings is 1. The minimum absolute atomic E-state index is 0.0319. The number of alkyl carbamates (subject to hydrolysis) is 1. The zero-order valence-corrected chi connectivity index (χ0v) is 28.0. The first-order valence-corrected chi connectivity index (χ1v) is 16.9. The predicted molar refractivity (Wildman–Crippen MR) is 184 cm³/mol. The van der Waals surface area contributed by atoms with Crippen molar-refractivity contribution in [2.24, 2.45) is 5.92 Å². The number of hydrogen-bond acceptors (Lipinski definition) is 8. The van der Waals surface area contributed by atoms with Gasteiger partial charge in [-0.1, -0.05) is 93.6 Å². The fraction of sp³-hybridized carbons (Fsp3) is 0.333. The highest BCUT2D eigenvalue weighted by molar-refractivity contribution is 5.90. The molecule has 1 aromatic heterocycles. The normalized spacial score (nSPS) is 21.2. The highest BCUT2D eigenvalue weighted by atomic mass is 16.5. The number of para-hydroxylation sites is 1. The van der Waals surface area contributed by atoms with E-state index in [-0.39, 0.29) is 36.3 Å². The van der Waals surface area contributed by atoms with E-state index < -0.39 is 41.7 Å². The highest BCUT2D eigenvalue weighted by Gasteiger charge is 2.61. The fourth-order valence-electron chi connectivity index (χ4n) is 6.96. The SMILES string of the molecule is CCCCC#Cc1cccc2c1NC1Oc3ccc4cc3[C@]21c1oc(nc1C(=O)O)[C@H](C(C)C)NC(=O)[C@@H](NC(=O)OCc1ccccc1)C4. The Morgan fingerprint density at radius 1 is 1.10 bits per heavy atom. The van der Waals surface area contributed by atoms with E-state index in [1.165, 1.54) is 0 Å². The molecule has 3 aliphatic heterocycles. The number of ether oxygens (including phenoxy) is 2. The van der Waals surface area contributed by atoms with Crippen LogP contribution in [0.4, 0.5) is 10.5 Å². The lowest BCUT2D eigenvalue weighted by atomic mass is 9.72. The number of carboxylic acids is 1. The van der Waals surface area contributed by atoms with Crippen molar-refractivity contribution in [2.75, 3.05) is 5.32 Å². The number of benzene rings is 3. The van der Waals surface area contributed by atoms with Crippen LogP contribution in [0.2, 0.25) is 0 Å². The highest BCUT2D eigenvalue weighted by Crippen LogP contribution is 2.59. The smallest absolute Gasteiger partial charge is 0.408 e. The van der Waals surface area contributed by atoms with E-state index >= 15 is 0 Å². The average molecular weight is 675 g/mol. The molecule has 4 atom stereocenters. The summed E-state index contributed by atoms with van der Waals surface area (Å²) in [6.07, 6.45) is 1.36. The summed E-state index contributed by atoms with van der Waals surface area (Å²) in [6, 6.07) is 18.7. The molecule has 1 unspecified atom stereocenters. The van der Waals surface area contributed by atoms with Crippen molar-refractivity contribution in [3.8, 4) is 17.6 Å². The Hall–Kier alpha value is -5.76. The van der Waals surface area contributed by atoms with Crippen LogP contribution >= 0.6 is 0 Å². The van der Waals surface area contributed by atoms with Crippen LogP contribution < -0.4 is 20.7 Å². The first-order chi connectivity index (χ1) is 24.2. The Labute approximate surface area is 289 Å². The van der Waals surface area contributed by atoms with E-state index in [0.717, 1.165) is 41.6 Å². The van der Waals surface area contributed by atoms with Gasteiger partial charge in [0, 0.05) is 29.5 Å². The van der Waals surface area contributed by atoms with Crippen LogP contribution in [-0.4, -0.2) is 40.3 Å². The van der Waals surface area contributed by atoms with E-state index in [1.54, 1.807) is 6.07 Å². The van der Waals surface area contributed by atoms with Gasteiger partial charge in [0.05, 0.1) is 5.69 Å². The molecule has 11 nitrogen and oxygen atoms in total. The molecular weight excluding hydrogens is 636 g/mol. The minimum Gasteiger partial charge on any atom is -0.476 e. The largest absolute Gasteiger partial charge is 0.476 e. The minimum atomic E-state index is -1.28. The van der Waals surface area contributed by atoms with Crippen LogP contribution in [0.15, 0.2) is 71.1 Å². The van der Waals surface area contributed by atoms with Crippen molar-refractivity contribution in [1.82, 2.24) is 15.6 Å². The molecule has 4 N–H and O–H groups in total. The maximum absolute atomic E-state index is 13.9. The second-order valence-corrected chi connectivity index (χ2v) is 13.1. The molecule has 4 bridgehead atoms. The molecule has 256 valence electrons. The first kappa shape index (κ1) is 32.8. The van der Waals surface area contributed by atoms with Crippen molar-refractivity contribution in [3.05, 3.63) is 112 Å². The monoisotopic (exact) mass is 674 g/mol. The lowest BCUT2D eigenvalue weighted by Gasteiger charge is -2.28. The third kappa shape index (κ3) is 5.70. The van der Waals surface area contributed by atoms with Gasteiger partial charge in [-0.15, -0.1) is 0 Å². The number of amides is 2. The number of hydrogen-bond donors (Lipinski definition) is 4. The summed E-state index contributed by atoms with van der Waals surface area (Å²) in [4.78, 5) is 44.5. The molecule has 4 aromatic rings. The average Bonchev–Trinajstić information content (AvgIpc) is 3.78. The summed E-state index contributed by atoms with van der Waals surface area (Å²) in [5.41, 5.74) is 2.86. The molecule has 11 heteroatoms. The van der Waals surface area contributed by atoms with Gasteiger partial charge in [0.15, 0.2) is 17.7 Å². The van der Waals surface area contributed by atoms with Crippen molar-refractivity contribution < 1.29 is 33.4 Å². The van der Waals surface area contributed by atoms with Gasteiger partial charge in [0.1, 0.15) is 29.9 Å². The molecule has 0 saturated carbocycles. The van der Waals surface area contributed by atoms with Gasteiger partial charge < -0.3 is 34.9 Å². The van der Waals surface area contributed by atoms with E-state index in [0.29, 0.717) is 16.9 Å². The molecule has 4 heterocycles. The number of aromatic carboxylic acids is 1. The van der Waals surface area contributed by atoms with Gasteiger partial charge in [-0.3, -0.25) is 4.79 Å². The van der Waals surface area contributed by atoms with Crippen molar-refractivity contribution >= 4 is 23.7 Å². The van der Waals surface area contributed by atoms with Gasteiger partial charge in [-0.2, -0.15) is 0 Å². The van der Waals surface area contributed by atoms with Gasteiger partial charge in [0.25, 0.3) is 0 Å². The number of carboxylic acid groups (broad SMARTS) is 1. The molecule has 0 radical (unpaired) electrons. The lowest BCUT2D eigenvalue weighted by molar-refractivity contribution is -0.124. The molecule has 2 amide bonds. The van der Waals surface area contributed by atoms with Crippen LogP contribution in [-0.2, 0) is 28.0 Å². The van der Waals surface area contributed by atoms with Gasteiger partial charge in [-0.05, 0) is 35.6 Å². The Kier molecular flexibility index (Phi) is 8.70. The molecule has 50 heavy (non-hydrogen) atoms. The van der Waals surface area contributed by atoms with E-state index in [2.05, 4.69) is 39.7 Å². The second-order valence-electron chi connectivity index (χ2n) is 13.1. The van der Waals surface area contributed by atoms with Crippen LogP contribution in [0, 0.1) is 17.8 Å². The van der Waals surface area contributed by atoms with Crippen LogP contribution in [0.5, 0.6) is 5.75 Å². The second kappa shape index (κ2) is 13.3. The maximum Gasteiger partial charge on any atom is 0.408 e. The summed E-state index contributed by atoms with van der Waals surface area (Å²) in [5.74, 6) is 5.18. The Morgan fingerprint density at radius 3 is 2.68 bits per heavy atom. The molecule has 3 aromatic carbocycles. The summed E-state index contributed by atoms with van der Waals surface area (Å²) in [7, 11) is 0. The van der Waals surface area contributed by atoms with Crippen LogP contribution in [0.3, 0.4) is 0 Å². The Bertz CT molecular complexity index is 2030. The zero-order valence-electron chi connectivity index (χ0n) is 28.0. The summed E-state index contributed by atoms with van der Waals surface area (Å²) >= 11 is 0. The number of aromatic nitrogens is 1. The number of anilines is 1. The van der Waals surface area contributed by atoms with Crippen molar-refractivity contribution in [2.45, 2.75) is 76.8 Å². The standard InChI is InChI=1S/C39H38N4O7/c1-4-5-6-10-14-25-15-11-16-26-31(25)43-37-39(26)27-19-24(17-18-29(27)49-37)20-28(40-38(47)48-21-23-12-8-7-9-13-23)34(44)41-30(22(2)3)35-42-32(36(45)46)33(39)50-35/h7-9,11-13,15-19,22,28,30,37,43H,4-6,20-21H2,1-3H3,(H,40,47)(H,41,44)(H,45,46)/t28-,30-,37?,39-/m0/s1. The Morgan fingerprint density at radius 2 is 1.92 bits per heavy atom. The Balaban J connectivity index is 1.36. The van der Waals surface area contributed by atoms with Gasteiger partial charge >= 0.3 is 12.1 Å². The molecular formula is C39H38N4O7. The van der Waals surface area contributed by atoms with Gasteiger partial charge in [0.2, 0.25) is 11.8 Å². The van der Waals surface area contributed by atoms with E-state index in [1.807, 2.05) is 74.5 Å². The van der Waals surface area contributed by atoms with Crippen LogP contribution in [0.1, 0.15) is 96.0 Å². The summed E-state index contributed by atoms with van der Waals surface area (Å²) < 4.78 is 18.6. The number of nitrogens with zero attached hydrogens (tertiary/aromatic N) is 1. The predicted octanol–water partition coefficient (Wildman–Crippen LogP) is 6.06. The molecule has 3 aliphatic rings. The topological polar surface area (TPSA) is 152 Å². The summed E-state index contributed by atoms with van der Waals surface area (Å²) in [6.45, 7) is 5.89. The van der Waals surface area contributed by atoms with Crippen LogP contribution in [0.25, 0.3) is 0 Å². The maximum atomic E-state index is 13.9. The number of carbonyl (C=O) groups is 3. The third-order valence-electron chi connectivity index (χ3n) is 9.45. The summed E-state index contributed by atoms with van der Waals surface area (Å²) in [5, 5.41) is 19.8. The molecule has 1 spiro atoms. The third-order valence-corrected chi connectivity index (χ3v) is 9.45. The first-order valence-electron chi connectivity index (χ1n) is 16.9. The number of fused-ring (bicyclic) bond motifs is 4. The number of carbonyl (C=O) groups excluding carboxylic acids is 2. The molecule has 7 rings (SSSR count). The molecule has 0 aliphatic carbocycles. The molecule has 0 fully saturated rings. The van der Waals surface area contributed by atoms with E-state index in [9.17, 15) is 19.5 Å². The fourth-order valence-corrected chi connectivity index (χ4v) is 6.96. The van der Waals surface area contributed by atoms with Crippen molar-refractivity contribution in [3.63, 3.8) is 0 Å². The van der Waals surface area contributed by atoms with Gasteiger partial charge in [-0.25, -0.2) is 14.6 Å². The quantitative estimate of drug-likeness (QED) is 0.135. The number of nitrogens with one attached hydrogen (secondary N) is 3. The van der Waals surface area contributed by atoms with Crippen molar-refractivity contribution in [1.29, 1.82) is 0 Å². The lowest BCUT2D eigenvalue weighted by Crippen LogP contribution is -2.49. The van der Waals surface area contributed by atoms with E-state index in [4.69, 9.17) is 13.9 Å². The molecule has 0 saturated heterocycles. The zero-order chi connectivity index (χ0) is 35.0.